The minimum absolute atomic E-state index is 2.47. The second kappa shape index (κ2) is 4.11. The zero-order valence-corrected chi connectivity index (χ0v) is 7.42. The molecule has 0 amide bonds. The number of alkyl halides is 2. The molecule has 1 N–H and O–H groups in total. The molecule has 1 rings (SSSR count). The van der Waals surface area contributed by atoms with E-state index in [0.717, 1.165) is 0 Å². The summed E-state index contributed by atoms with van der Waals surface area (Å²) in [4.78, 5) is 0. The summed E-state index contributed by atoms with van der Waals surface area (Å²) >= 11 is 0. The summed E-state index contributed by atoms with van der Waals surface area (Å²) in [6, 6.07) is -5.43. The number of hydrogen-bond donors (Lipinski definition) is 1. The van der Waals surface area contributed by atoms with Crippen molar-refractivity contribution in [3.8, 4) is 0 Å². The SMILES string of the molecule is ON(F)C(F)(F)c1c(F)c(F)c(F)c(F)c1F. The summed E-state index contributed by atoms with van der Waals surface area (Å²) in [7, 11) is 0. The van der Waals surface area contributed by atoms with Gasteiger partial charge < -0.3 is 0 Å². The fraction of sp³-hybridized carbons (Fsp3) is 0.143. The molecule has 0 aromatic heterocycles. The molecule has 0 aliphatic rings. The van der Waals surface area contributed by atoms with E-state index in [0.29, 0.717) is 0 Å². The summed E-state index contributed by atoms with van der Waals surface area (Å²) in [5.41, 5.74) is -2.79. The van der Waals surface area contributed by atoms with Gasteiger partial charge in [0.05, 0.1) is 5.29 Å². The van der Waals surface area contributed by atoms with Crippen molar-refractivity contribution in [1.82, 2.24) is 5.29 Å². The highest BCUT2D eigenvalue weighted by atomic mass is 19.3. The molecule has 1 aromatic carbocycles. The molecule has 0 heterocycles. The lowest BCUT2D eigenvalue weighted by atomic mass is 10.1. The number of hydrogen-bond acceptors (Lipinski definition) is 2. The maximum Gasteiger partial charge on any atom is 0.385 e. The lowest BCUT2D eigenvalue weighted by Crippen LogP contribution is -2.33. The monoisotopic (exact) mass is 267 g/mol. The van der Waals surface area contributed by atoms with Crippen LogP contribution in [-0.4, -0.2) is 10.5 Å². The Hall–Kier alpha value is -1.42. The highest BCUT2D eigenvalue weighted by molar-refractivity contribution is 5.27. The zero-order valence-electron chi connectivity index (χ0n) is 7.42. The van der Waals surface area contributed by atoms with Crippen molar-refractivity contribution in [2.45, 2.75) is 6.05 Å². The van der Waals surface area contributed by atoms with Gasteiger partial charge in [0.25, 0.3) is 0 Å². The Morgan fingerprint density at radius 1 is 0.765 bits per heavy atom. The molecular weight excluding hydrogens is 266 g/mol. The molecule has 10 heteroatoms. The maximum absolute atomic E-state index is 12.8. The highest BCUT2D eigenvalue weighted by Crippen LogP contribution is 2.37. The first-order valence-corrected chi connectivity index (χ1v) is 3.67. The van der Waals surface area contributed by atoms with Crippen LogP contribution in [0.4, 0.5) is 35.2 Å². The third-order valence-corrected chi connectivity index (χ3v) is 1.74. The summed E-state index contributed by atoms with van der Waals surface area (Å²) in [5.74, 6) is -13.9. The first-order valence-electron chi connectivity index (χ1n) is 3.67. The zero-order chi connectivity index (χ0) is 13.5. The second-order valence-corrected chi connectivity index (χ2v) is 2.75. The predicted molar refractivity (Wildman–Crippen MR) is 34.9 cm³/mol. The van der Waals surface area contributed by atoms with Crippen LogP contribution in [0.2, 0.25) is 0 Å². The summed E-state index contributed by atoms with van der Waals surface area (Å²) in [5, 5.41) is 5.31. The molecule has 0 saturated heterocycles. The maximum atomic E-state index is 12.8. The van der Waals surface area contributed by atoms with Crippen molar-refractivity contribution in [3.63, 3.8) is 0 Å². The first kappa shape index (κ1) is 13.6. The van der Waals surface area contributed by atoms with Crippen molar-refractivity contribution >= 4 is 0 Å². The van der Waals surface area contributed by atoms with E-state index in [2.05, 4.69) is 0 Å². The van der Waals surface area contributed by atoms with Gasteiger partial charge in [0.15, 0.2) is 23.3 Å². The normalized spacial score (nSPS) is 12.4. The summed E-state index contributed by atoms with van der Waals surface area (Å²) in [6.45, 7) is 0. The van der Waals surface area contributed by atoms with Gasteiger partial charge in [-0.25, -0.2) is 22.0 Å². The van der Waals surface area contributed by atoms with E-state index in [9.17, 15) is 35.2 Å². The van der Waals surface area contributed by atoms with E-state index in [1.54, 1.807) is 0 Å². The van der Waals surface area contributed by atoms with Crippen molar-refractivity contribution in [1.29, 1.82) is 0 Å². The van der Waals surface area contributed by atoms with Crippen molar-refractivity contribution in [2.24, 2.45) is 0 Å². The standard InChI is InChI=1S/C7HF8NO/c8-2-1(7(13,14)16(15)17)3(9)5(11)6(12)4(2)10/h17H. The van der Waals surface area contributed by atoms with E-state index >= 15 is 0 Å². The Morgan fingerprint density at radius 3 is 1.35 bits per heavy atom. The third kappa shape index (κ3) is 1.93. The van der Waals surface area contributed by atoms with E-state index in [1.807, 2.05) is 0 Å². The number of rotatable bonds is 2. The molecule has 1 aromatic rings. The molecule has 0 spiro atoms. The molecular formula is C7HF8NO. The Bertz CT molecular complexity index is 431. The predicted octanol–water partition coefficient (Wildman–Crippen LogP) is 3.01. The highest BCUT2D eigenvalue weighted by Gasteiger charge is 2.48. The molecule has 0 bridgehead atoms. The number of nitrogens with zero attached hydrogens (tertiary/aromatic N) is 1. The van der Waals surface area contributed by atoms with Gasteiger partial charge in [-0.1, -0.05) is 4.48 Å². The molecule has 17 heavy (non-hydrogen) atoms. The van der Waals surface area contributed by atoms with E-state index in [1.165, 1.54) is 0 Å². The Balaban J connectivity index is 3.66. The largest absolute Gasteiger partial charge is 0.385 e. The van der Waals surface area contributed by atoms with Crippen LogP contribution in [0.3, 0.4) is 0 Å². The quantitative estimate of drug-likeness (QED) is 0.222. The minimum Gasteiger partial charge on any atom is -0.280 e. The fourth-order valence-electron chi connectivity index (χ4n) is 0.961. The fourth-order valence-corrected chi connectivity index (χ4v) is 0.961. The molecule has 96 valence electrons. The van der Waals surface area contributed by atoms with Crippen LogP contribution in [0.25, 0.3) is 0 Å². The smallest absolute Gasteiger partial charge is 0.280 e. The number of halogens is 8. The van der Waals surface area contributed by atoms with Crippen molar-refractivity contribution < 1.29 is 40.4 Å². The van der Waals surface area contributed by atoms with Gasteiger partial charge in [-0.05, 0) is 0 Å². The van der Waals surface area contributed by atoms with Crippen LogP contribution < -0.4 is 0 Å². The molecule has 0 unspecified atom stereocenters. The lowest BCUT2D eigenvalue weighted by molar-refractivity contribution is -0.392. The first-order chi connectivity index (χ1) is 7.62. The van der Waals surface area contributed by atoms with Gasteiger partial charge in [0, 0.05) is 0 Å². The molecule has 0 saturated carbocycles. The van der Waals surface area contributed by atoms with E-state index in [-0.39, 0.29) is 0 Å². The molecule has 0 fully saturated rings. The minimum atomic E-state index is -5.43. The van der Waals surface area contributed by atoms with Crippen LogP contribution in [0.1, 0.15) is 5.56 Å². The van der Waals surface area contributed by atoms with Crippen molar-refractivity contribution in [2.75, 3.05) is 0 Å². The van der Waals surface area contributed by atoms with Crippen LogP contribution in [0, 0.1) is 29.1 Å². The summed E-state index contributed by atoms with van der Waals surface area (Å²) < 4.78 is 100. The van der Waals surface area contributed by atoms with Gasteiger partial charge in [-0.3, -0.25) is 5.21 Å². The third-order valence-electron chi connectivity index (χ3n) is 1.74. The summed E-state index contributed by atoms with van der Waals surface area (Å²) in [6.07, 6.45) is 0. The van der Waals surface area contributed by atoms with Gasteiger partial charge >= 0.3 is 6.05 Å². The number of hydroxylamine groups is 1. The Labute approximate surface area is 87.6 Å². The topological polar surface area (TPSA) is 23.5 Å². The van der Waals surface area contributed by atoms with Crippen LogP contribution in [0.15, 0.2) is 0 Å². The van der Waals surface area contributed by atoms with Crippen molar-refractivity contribution in [3.05, 3.63) is 34.6 Å². The lowest BCUT2D eigenvalue weighted by Gasteiger charge is -2.19. The molecule has 2 nitrogen and oxygen atoms in total. The average molecular weight is 267 g/mol. The van der Waals surface area contributed by atoms with E-state index < -0.39 is 46.0 Å². The Kier molecular flexibility index (Phi) is 3.30. The number of benzene rings is 1. The van der Waals surface area contributed by atoms with E-state index in [4.69, 9.17) is 5.21 Å². The molecule has 0 radical (unpaired) electrons. The molecule has 0 atom stereocenters. The van der Waals surface area contributed by atoms with Gasteiger partial charge in [0.2, 0.25) is 5.82 Å². The van der Waals surface area contributed by atoms with Gasteiger partial charge in [0.1, 0.15) is 5.56 Å². The van der Waals surface area contributed by atoms with Gasteiger partial charge in [-0.2, -0.15) is 8.78 Å². The van der Waals surface area contributed by atoms with Crippen LogP contribution >= 0.6 is 0 Å². The van der Waals surface area contributed by atoms with Gasteiger partial charge in [-0.15, -0.1) is 0 Å². The average Bonchev–Trinajstić information content (AvgIpc) is 2.23. The molecule has 0 aliphatic carbocycles. The second-order valence-electron chi connectivity index (χ2n) is 2.75. The molecule has 0 aliphatic heterocycles. The van der Waals surface area contributed by atoms with Crippen LogP contribution in [0.5, 0.6) is 0 Å². The Morgan fingerprint density at radius 2 is 1.06 bits per heavy atom. The van der Waals surface area contributed by atoms with Crippen LogP contribution in [-0.2, 0) is 6.05 Å².